The van der Waals surface area contributed by atoms with Crippen molar-refractivity contribution in [2.75, 3.05) is 32.7 Å². The van der Waals surface area contributed by atoms with Gasteiger partial charge in [-0.05, 0) is 11.6 Å². The first kappa shape index (κ1) is 22.3. The highest BCUT2D eigenvalue weighted by Gasteiger charge is 2.57. The molecule has 32 heavy (non-hydrogen) atoms. The Morgan fingerprint density at radius 2 is 1.78 bits per heavy atom. The molecule has 1 aromatic heterocycles. The summed E-state index contributed by atoms with van der Waals surface area (Å²) in [6.45, 7) is 1.44. The molecule has 2 aromatic carbocycles. The van der Waals surface area contributed by atoms with E-state index in [1.165, 1.54) is 29.0 Å². The molecule has 1 unspecified atom stereocenters. The highest BCUT2D eigenvalue weighted by atomic mass is 19.4. The van der Waals surface area contributed by atoms with Crippen molar-refractivity contribution in [3.8, 4) is 0 Å². The maximum Gasteiger partial charge on any atom is 0.422 e. The van der Waals surface area contributed by atoms with Crippen LogP contribution in [0.2, 0.25) is 0 Å². The second kappa shape index (κ2) is 8.53. The van der Waals surface area contributed by atoms with Gasteiger partial charge in [0.25, 0.3) is 5.69 Å². The molecule has 0 spiro atoms. The van der Waals surface area contributed by atoms with Crippen LogP contribution in [0.1, 0.15) is 11.1 Å². The minimum absolute atomic E-state index is 0.140. The van der Waals surface area contributed by atoms with Gasteiger partial charge in [-0.2, -0.15) is 13.2 Å². The molecule has 2 N–H and O–H groups in total. The third-order valence-corrected chi connectivity index (χ3v) is 5.85. The maximum atomic E-state index is 14.3. The van der Waals surface area contributed by atoms with Gasteiger partial charge in [0.2, 0.25) is 5.60 Å². The fraction of sp³-hybridized carbons (Fsp3) is 0.364. The number of hydrogen-bond acceptors (Lipinski definition) is 5. The van der Waals surface area contributed by atoms with Gasteiger partial charge in [0.1, 0.15) is 0 Å². The summed E-state index contributed by atoms with van der Waals surface area (Å²) in [6, 6.07) is 12.8. The average Bonchev–Trinajstić information content (AvgIpc) is 3.12. The second-order valence-corrected chi connectivity index (χ2v) is 8.00. The molecule has 1 atom stereocenters. The van der Waals surface area contributed by atoms with Crippen molar-refractivity contribution in [2.24, 2.45) is 0 Å². The number of nitro benzene ring substituents is 1. The first-order valence-electron chi connectivity index (χ1n) is 10.2. The predicted molar refractivity (Wildman–Crippen MR) is 113 cm³/mol. The molecule has 3 aromatic rings. The van der Waals surface area contributed by atoms with E-state index in [0.717, 1.165) is 5.56 Å². The van der Waals surface area contributed by atoms with E-state index in [2.05, 4.69) is 5.32 Å². The van der Waals surface area contributed by atoms with Crippen molar-refractivity contribution in [1.82, 2.24) is 14.8 Å². The van der Waals surface area contributed by atoms with Crippen LogP contribution in [0, 0.1) is 10.1 Å². The van der Waals surface area contributed by atoms with E-state index in [9.17, 15) is 28.4 Å². The minimum Gasteiger partial charge on any atom is -0.375 e. The molecule has 7 nitrogen and oxygen atoms in total. The molecule has 0 saturated carbocycles. The molecule has 10 heteroatoms. The first-order valence-corrected chi connectivity index (χ1v) is 10.2. The van der Waals surface area contributed by atoms with Crippen molar-refractivity contribution in [2.45, 2.75) is 18.3 Å². The molecule has 1 aliphatic rings. The van der Waals surface area contributed by atoms with Crippen LogP contribution >= 0.6 is 0 Å². The lowest BCUT2D eigenvalue weighted by molar-refractivity contribution is -0.384. The van der Waals surface area contributed by atoms with Gasteiger partial charge in [-0.15, -0.1) is 0 Å². The Kier molecular flexibility index (Phi) is 5.93. The molecule has 4 rings (SSSR count). The number of fused-ring (bicyclic) bond motifs is 1. The van der Waals surface area contributed by atoms with E-state index < -0.39 is 23.2 Å². The number of benzene rings is 2. The lowest BCUT2D eigenvalue weighted by Crippen LogP contribution is -2.55. The summed E-state index contributed by atoms with van der Waals surface area (Å²) in [6.07, 6.45) is -3.66. The van der Waals surface area contributed by atoms with Crippen LogP contribution in [0.5, 0.6) is 0 Å². The van der Waals surface area contributed by atoms with Crippen LogP contribution in [0.25, 0.3) is 10.9 Å². The molecule has 0 radical (unpaired) electrons. The summed E-state index contributed by atoms with van der Waals surface area (Å²) in [5.41, 5.74) is -2.57. The number of hydrogen-bond donors (Lipinski definition) is 2. The number of aliphatic hydroxyl groups is 1. The Morgan fingerprint density at radius 3 is 2.41 bits per heavy atom. The van der Waals surface area contributed by atoms with Crippen molar-refractivity contribution in [3.05, 3.63) is 76.0 Å². The van der Waals surface area contributed by atoms with E-state index in [0.29, 0.717) is 26.2 Å². The summed E-state index contributed by atoms with van der Waals surface area (Å²) < 4.78 is 44.4. The van der Waals surface area contributed by atoms with E-state index in [1.54, 1.807) is 17.0 Å². The normalized spacial score (nSPS) is 17.4. The average molecular weight is 448 g/mol. The topological polar surface area (TPSA) is 83.6 Å². The highest BCUT2D eigenvalue weighted by molar-refractivity contribution is 5.87. The fourth-order valence-corrected chi connectivity index (χ4v) is 4.15. The summed E-state index contributed by atoms with van der Waals surface area (Å²) in [7, 11) is 0. The van der Waals surface area contributed by atoms with Crippen LogP contribution in [0.3, 0.4) is 0 Å². The van der Waals surface area contributed by atoms with Crippen molar-refractivity contribution < 1.29 is 23.2 Å². The number of aromatic nitrogens is 1. The molecule has 1 fully saturated rings. The monoisotopic (exact) mass is 448 g/mol. The minimum atomic E-state index is -4.94. The molecule has 1 saturated heterocycles. The molecule has 0 aliphatic carbocycles. The van der Waals surface area contributed by atoms with Crippen LogP contribution in [0.15, 0.2) is 54.7 Å². The number of β-amino-alcohol motifs (C(OH)–C–C–N with tert-alkyl or cyclic N) is 1. The largest absolute Gasteiger partial charge is 0.422 e. The van der Waals surface area contributed by atoms with Gasteiger partial charge in [-0.3, -0.25) is 15.0 Å². The first-order chi connectivity index (χ1) is 15.2. The number of nitrogens with one attached hydrogen (secondary N) is 1. The Labute approximate surface area is 182 Å². The molecule has 2 heterocycles. The fourth-order valence-electron chi connectivity index (χ4n) is 4.15. The number of rotatable bonds is 6. The van der Waals surface area contributed by atoms with Gasteiger partial charge < -0.3 is 15.0 Å². The zero-order valence-electron chi connectivity index (χ0n) is 17.2. The quantitative estimate of drug-likeness (QED) is 0.447. The molecule has 1 aliphatic heterocycles. The Bertz CT molecular complexity index is 1110. The van der Waals surface area contributed by atoms with Crippen LogP contribution in [0.4, 0.5) is 18.9 Å². The van der Waals surface area contributed by atoms with E-state index in [-0.39, 0.29) is 28.7 Å². The Hall–Kier alpha value is -2.95. The third-order valence-electron chi connectivity index (χ3n) is 5.85. The molecular formula is C22H23F3N4O3. The van der Waals surface area contributed by atoms with Crippen molar-refractivity contribution >= 4 is 16.6 Å². The van der Waals surface area contributed by atoms with Gasteiger partial charge in [-0.1, -0.05) is 30.3 Å². The van der Waals surface area contributed by atoms with Crippen LogP contribution < -0.4 is 5.32 Å². The summed E-state index contributed by atoms with van der Waals surface area (Å²) in [4.78, 5) is 12.3. The maximum absolute atomic E-state index is 14.3. The van der Waals surface area contributed by atoms with Crippen molar-refractivity contribution in [3.63, 3.8) is 0 Å². The molecule has 0 amide bonds. The van der Waals surface area contributed by atoms with E-state index in [4.69, 9.17) is 0 Å². The standard InChI is InChI=1S/C22H23F3N4O3/c23-22(24,25)21(30,15-27-10-8-26-9-11-27)19-14-28(13-16-4-2-1-3-5-16)20-12-17(29(31)32)6-7-18(19)20/h1-7,12,14,26,30H,8-11,13,15H2. The van der Waals surface area contributed by atoms with Gasteiger partial charge in [-0.25, -0.2) is 0 Å². The number of nitro groups is 1. The lowest BCUT2D eigenvalue weighted by atomic mass is 9.91. The van der Waals surface area contributed by atoms with Crippen LogP contribution in [-0.2, 0) is 12.1 Å². The Morgan fingerprint density at radius 1 is 1.09 bits per heavy atom. The van der Waals surface area contributed by atoms with E-state index >= 15 is 0 Å². The van der Waals surface area contributed by atoms with E-state index in [1.807, 2.05) is 18.2 Å². The highest BCUT2D eigenvalue weighted by Crippen LogP contribution is 2.44. The van der Waals surface area contributed by atoms with Gasteiger partial charge >= 0.3 is 6.18 Å². The second-order valence-electron chi connectivity index (χ2n) is 8.00. The number of non-ortho nitro benzene ring substituents is 1. The van der Waals surface area contributed by atoms with Gasteiger partial charge in [0.05, 0.1) is 10.4 Å². The number of alkyl halides is 3. The summed E-state index contributed by atoms with van der Waals surface area (Å²) >= 11 is 0. The number of piperazine rings is 1. The third kappa shape index (κ3) is 4.21. The summed E-state index contributed by atoms with van der Waals surface area (Å²) in [5, 5.41) is 25.6. The number of nitrogens with zero attached hydrogens (tertiary/aromatic N) is 3. The number of halogens is 3. The zero-order chi connectivity index (χ0) is 22.9. The molecular weight excluding hydrogens is 425 g/mol. The van der Waals surface area contributed by atoms with Crippen molar-refractivity contribution in [1.29, 1.82) is 0 Å². The Balaban J connectivity index is 1.86. The van der Waals surface area contributed by atoms with Crippen LogP contribution in [-0.4, -0.2) is 58.4 Å². The van der Waals surface area contributed by atoms with Gasteiger partial charge in [0.15, 0.2) is 0 Å². The molecule has 0 bridgehead atoms. The SMILES string of the molecule is O=[N+]([O-])c1ccc2c(C(O)(CN3CCNCC3)C(F)(F)F)cn(Cc3ccccc3)c2c1. The molecule has 170 valence electrons. The smallest absolute Gasteiger partial charge is 0.375 e. The predicted octanol–water partition coefficient (Wildman–Crippen LogP) is 3.25. The zero-order valence-corrected chi connectivity index (χ0v) is 17.2. The van der Waals surface area contributed by atoms with Gasteiger partial charge in [0, 0.05) is 68.5 Å². The summed E-state index contributed by atoms with van der Waals surface area (Å²) in [5.74, 6) is 0. The lowest BCUT2D eigenvalue weighted by Gasteiger charge is -2.37.